The van der Waals surface area contributed by atoms with Gasteiger partial charge in [-0.05, 0) is 60.0 Å². The number of carbonyl (C=O) groups is 2. The molecule has 3 aromatic carbocycles. The first-order valence-corrected chi connectivity index (χ1v) is 11.3. The number of Topliss-reactive ketones (excluding diaryl/α,β-unsaturated/α-hetero) is 1. The Balaban J connectivity index is 1.98. The Labute approximate surface area is 207 Å². The monoisotopic (exact) mass is 493 g/mol. The minimum Gasteiger partial charge on any atom is -0.507 e. The number of phenols is 1. The van der Waals surface area contributed by atoms with Crippen LogP contribution in [0, 0.1) is 0 Å². The zero-order valence-electron chi connectivity index (χ0n) is 19.4. The summed E-state index contributed by atoms with van der Waals surface area (Å²) in [6, 6.07) is 15.4. The van der Waals surface area contributed by atoms with Crippen LogP contribution in [-0.2, 0) is 16.0 Å². The van der Waals surface area contributed by atoms with Crippen molar-refractivity contribution in [3.05, 3.63) is 87.9 Å². The van der Waals surface area contributed by atoms with E-state index >= 15 is 0 Å². The van der Waals surface area contributed by atoms with Crippen LogP contribution >= 0.6 is 11.6 Å². The first-order chi connectivity index (χ1) is 16.8. The molecule has 1 fully saturated rings. The van der Waals surface area contributed by atoms with E-state index in [1.165, 1.54) is 37.3 Å². The molecule has 7 nitrogen and oxygen atoms in total. The van der Waals surface area contributed by atoms with E-state index in [1.54, 1.807) is 30.3 Å². The molecule has 35 heavy (non-hydrogen) atoms. The van der Waals surface area contributed by atoms with E-state index in [2.05, 4.69) is 0 Å². The second kappa shape index (κ2) is 9.72. The van der Waals surface area contributed by atoms with Crippen molar-refractivity contribution in [3.8, 4) is 17.2 Å². The fraction of sp³-hybridized carbons (Fsp3) is 0.185. The van der Waals surface area contributed by atoms with Gasteiger partial charge in [0.25, 0.3) is 11.7 Å². The van der Waals surface area contributed by atoms with Gasteiger partial charge in [-0.1, -0.05) is 36.7 Å². The number of benzene rings is 3. The average Bonchev–Trinajstić information content (AvgIpc) is 3.15. The molecule has 0 aliphatic carbocycles. The summed E-state index contributed by atoms with van der Waals surface area (Å²) in [5.74, 6) is -1.49. The number of halogens is 1. The Bertz CT molecular complexity index is 1330. The van der Waals surface area contributed by atoms with Gasteiger partial charge in [0.05, 0.1) is 36.4 Å². The van der Waals surface area contributed by atoms with Crippen molar-refractivity contribution < 1.29 is 29.3 Å². The number of hydrogen-bond acceptors (Lipinski definition) is 6. The van der Waals surface area contributed by atoms with E-state index in [1.807, 2.05) is 19.1 Å². The number of anilines is 1. The first kappa shape index (κ1) is 24.2. The van der Waals surface area contributed by atoms with Crippen LogP contribution in [0.25, 0.3) is 5.76 Å². The third kappa shape index (κ3) is 4.31. The van der Waals surface area contributed by atoms with E-state index in [0.29, 0.717) is 22.7 Å². The number of aryl methyl sites for hydroxylation is 1. The lowest BCUT2D eigenvalue weighted by Gasteiger charge is -2.26. The van der Waals surface area contributed by atoms with Gasteiger partial charge in [-0.2, -0.15) is 0 Å². The lowest BCUT2D eigenvalue weighted by atomic mass is 9.94. The number of methoxy groups -OCH3 is 2. The summed E-state index contributed by atoms with van der Waals surface area (Å²) >= 11 is 6.18. The van der Waals surface area contributed by atoms with Gasteiger partial charge in [-0.3, -0.25) is 14.5 Å². The van der Waals surface area contributed by atoms with Gasteiger partial charge in [0.15, 0.2) is 0 Å². The zero-order chi connectivity index (χ0) is 25.3. The molecule has 1 aliphatic heterocycles. The summed E-state index contributed by atoms with van der Waals surface area (Å²) in [7, 11) is 2.91. The van der Waals surface area contributed by atoms with Crippen molar-refractivity contribution in [1.29, 1.82) is 0 Å². The van der Waals surface area contributed by atoms with Gasteiger partial charge in [-0.15, -0.1) is 0 Å². The summed E-state index contributed by atoms with van der Waals surface area (Å²) < 4.78 is 10.7. The molecule has 0 bridgehead atoms. The van der Waals surface area contributed by atoms with Crippen LogP contribution in [0.2, 0.25) is 5.02 Å². The number of rotatable bonds is 6. The lowest BCUT2D eigenvalue weighted by molar-refractivity contribution is -0.132. The number of phenolic OH excluding ortho intramolecular Hbond substituents is 1. The molecule has 0 spiro atoms. The molecular weight excluding hydrogens is 470 g/mol. The molecule has 1 atom stereocenters. The molecule has 0 saturated carbocycles. The number of ether oxygens (including phenoxy) is 2. The minimum absolute atomic E-state index is 0.0494. The van der Waals surface area contributed by atoms with Crippen LogP contribution in [0.4, 0.5) is 5.69 Å². The molecule has 1 aliphatic rings. The summed E-state index contributed by atoms with van der Waals surface area (Å²) in [6.45, 7) is 2.02. The van der Waals surface area contributed by atoms with Gasteiger partial charge in [-0.25, -0.2) is 0 Å². The molecule has 1 amide bonds. The van der Waals surface area contributed by atoms with E-state index in [4.69, 9.17) is 21.1 Å². The molecule has 1 unspecified atom stereocenters. The van der Waals surface area contributed by atoms with E-state index in [-0.39, 0.29) is 21.9 Å². The average molecular weight is 494 g/mol. The van der Waals surface area contributed by atoms with Crippen LogP contribution in [0.15, 0.2) is 66.2 Å². The van der Waals surface area contributed by atoms with Gasteiger partial charge in [0.2, 0.25) is 0 Å². The third-order valence-corrected chi connectivity index (χ3v) is 6.32. The third-order valence-electron chi connectivity index (χ3n) is 6.02. The normalized spacial score (nSPS) is 17.0. The smallest absolute Gasteiger partial charge is 0.300 e. The molecule has 180 valence electrons. The Morgan fingerprint density at radius 1 is 1.00 bits per heavy atom. The Hall–Kier alpha value is -3.97. The standard InChI is InChI=1S/C27H24ClNO6/c1-4-15-5-8-17(9-6-15)29-24(16-7-11-21(30)20(28)13-16)23(26(32)27(29)33)25(31)19-14-18(34-2)10-12-22(19)35-3/h5-14,24,30-31H,4H2,1-3H3/b25-23+. The van der Waals surface area contributed by atoms with Gasteiger partial charge in [0, 0.05) is 5.69 Å². The Morgan fingerprint density at radius 2 is 1.71 bits per heavy atom. The predicted octanol–water partition coefficient (Wildman–Crippen LogP) is 5.25. The molecule has 4 rings (SSSR count). The largest absolute Gasteiger partial charge is 0.507 e. The summed E-state index contributed by atoms with van der Waals surface area (Å²) in [4.78, 5) is 28.0. The number of aliphatic hydroxyl groups is 1. The van der Waals surface area contributed by atoms with Gasteiger partial charge >= 0.3 is 0 Å². The zero-order valence-corrected chi connectivity index (χ0v) is 20.2. The molecule has 1 heterocycles. The number of amides is 1. The molecule has 3 aromatic rings. The van der Waals surface area contributed by atoms with Gasteiger partial charge < -0.3 is 19.7 Å². The summed E-state index contributed by atoms with van der Waals surface area (Å²) in [5.41, 5.74) is 2.05. The van der Waals surface area contributed by atoms with Crippen LogP contribution in [-0.4, -0.2) is 36.1 Å². The molecule has 0 radical (unpaired) electrons. The number of carbonyl (C=O) groups excluding carboxylic acids is 2. The highest BCUT2D eigenvalue weighted by Crippen LogP contribution is 2.44. The van der Waals surface area contributed by atoms with E-state index in [9.17, 15) is 19.8 Å². The summed E-state index contributed by atoms with van der Waals surface area (Å²) in [6.07, 6.45) is 0.811. The number of aliphatic hydroxyl groups excluding tert-OH is 1. The topological polar surface area (TPSA) is 96.3 Å². The molecule has 0 aromatic heterocycles. The van der Waals surface area contributed by atoms with Gasteiger partial charge in [0.1, 0.15) is 23.0 Å². The second-order valence-electron chi connectivity index (χ2n) is 7.97. The van der Waals surface area contributed by atoms with E-state index in [0.717, 1.165) is 12.0 Å². The number of ketones is 1. The summed E-state index contributed by atoms with van der Waals surface area (Å²) in [5, 5.41) is 21.4. The molecule has 8 heteroatoms. The number of aromatic hydroxyl groups is 1. The van der Waals surface area contributed by atoms with Crippen molar-refractivity contribution in [1.82, 2.24) is 0 Å². The molecule has 1 saturated heterocycles. The molecule has 2 N–H and O–H groups in total. The maximum atomic E-state index is 13.4. The Morgan fingerprint density at radius 3 is 2.31 bits per heavy atom. The fourth-order valence-corrected chi connectivity index (χ4v) is 4.33. The molecular formula is C27H24ClNO6. The lowest BCUT2D eigenvalue weighted by Crippen LogP contribution is -2.29. The van der Waals surface area contributed by atoms with E-state index < -0.39 is 23.5 Å². The highest BCUT2D eigenvalue weighted by molar-refractivity contribution is 6.51. The fourth-order valence-electron chi connectivity index (χ4n) is 4.14. The van der Waals surface area contributed by atoms with Crippen molar-refractivity contribution in [2.75, 3.05) is 19.1 Å². The van der Waals surface area contributed by atoms with Crippen molar-refractivity contribution in [2.45, 2.75) is 19.4 Å². The quantitative estimate of drug-likeness (QED) is 0.276. The van der Waals surface area contributed by atoms with Crippen LogP contribution < -0.4 is 14.4 Å². The SMILES string of the molecule is CCc1ccc(N2C(=O)C(=O)/C(=C(/O)c3cc(OC)ccc3OC)C2c2ccc(O)c(Cl)c2)cc1. The van der Waals surface area contributed by atoms with Crippen LogP contribution in [0.1, 0.15) is 29.7 Å². The second-order valence-corrected chi connectivity index (χ2v) is 8.37. The highest BCUT2D eigenvalue weighted by Gasteiger charge is 2.47. The Kier molecular flexibility index (Phi) is 6.71. The maximum Gasteiger partial charge on any atom is 0.300 e. The first-order valence-electron chi connectivity index (χ1n) is 10.9. The van der Waals surface area contributed by atoms with Crippen LogP contribution in [0.3, 0.4) is 0 Å². The number of hydrogen-bond donors (Lipinski definition) is 2. The minimum atomic E-state index is -1.00. The number of nitrogens with zero attached hydrogens (tertiary/aromatic N) is 1. The maximum absolute atomic E-state index is 13.4. The van der Waals surface area contributed by atoms with Crippen molar-refractivity contribution in [2.24, 2.45) is 0 Å². The highest BCUT2D eigenvalue weighted by atomic mass is 35.5. The van der Waals surface area contributed by atoms with Crippen LogP contribution in [0.5, 0.6) is 17.2 Å². The van der Waals surface area contributed by atoms with Crippen molar-refractivity contribution >= 4 is 34.7 Å². The van der Waals surface area contributed by atoms with Crippen molar-refractivity contribution in [3.63, 3.8) is 0 Å². The predicted molar refractivity (Wildman–Crippen MR) is 133 cm³/mol.